The maximum Gasteiger partial charge on any atom is 0.0686 e. The average Bonchev–Trinajstić information content (AvgIpc) is 2.67. The molecule has 1 aliphatic heterocycles. The molecular weight excluding hydrogens is 162 g/mol. The molecule has 0 radical (unpaired) electrons. The summed E-state index contributed by atoms with van der Waals surface area (Å²) in [6.07, 6.45) is 5.78. The van der Waals surface area contributed by atoms with Gasteiger partial charge in [0.05, 0.1) is 17.6 Å². The first kappa shape index (κ1) is 10.5. The van der Waals surface area contributed by atoms with Crippen molar-refractivity contribution in [2.75, 3.05) is 6.61 Å². The third-order valence-electron chi connectivity index (χ3n) is 3.09. The van der Waals surface area contributed by atoms with Gasteiger partial charge in [0.15, 0.2) is 0 Å². The highest BCUT2D eigenvalue weighted by Crippen LogP contribution is 2.29. The fourth-order valence-electron chi connectivity index (χ4n) is 1.66. The zero-order chi connectivity index (χ0) is 9.73. The molecule has 0 aromatic heterocycles. The van der Waals surface area contributed by atoms with E-state index >= 15 is 0 Å². The normalized spacial score (nSPS) is 26.7. The minimum absolute atomic E-state index is 0.133. The van der Waals surface area contributed by atoms with E-state index in [1.165, 1.54) is 12.8 Å². The van der Waals surface area contributed by atoms with Crippen LogP contribution in [0.15, 0.2) is 0 Å². The van der Waals surface area contributed by atoms with Crippen LogP contribution >= 0.6 is 0 Å². The number of hydrogen-bond donors (Lipinski definition) is 0. The van der Waals surface area contributed by atoms with Crippen molar-refractivity contribution >= 4 is 0 Å². The highest BCUT2D eigenvalue weighted by atomic mass is 16.5. The summed E-state index contributed by atoms with van der Waals surface area (Å²) in [5.41, 5.74) is -0.133. The van der Waals surface area contributed by atoms with Crippen LogP contribution < -0.4 is 0 Å². The summed E-state index contributed by atoms with van der Waals surface area (Å²) in [6, 6.07) is 2.40. The minimum atomic E-state index is -0.133. The van der Waals surface area contributed by atoms with Crippen LogP contribution in [0.2, 0.25) is 0 Å². The van der Waals surface area contributed by atoms with Gasteiger partial charge in [0.2, 0.25) is 0 Å². The Morgan fingerprint density at radius 1 is 1.62 bits per heavy atom. The molecule has 13 heavy (non-hydrogen) atoms. The standard InChI is InChI=1S/C11H19NO/c1-3-11(2,9-12)7-6-10-5-4-8-13-10/h10H,3-8H2,1-2H3. The topological polar surface area (TPSA) is 33.0 Å². The Kier molecular flexibility index (Phi) is 3.74. The van der Waals surface area contributed by atoms with Crippen LogP contribution in [0.1, 0.15) is 46.0 Å². The molecule has 0 bridgehead atoms. The van der Waals surface area contributed by atoms with Crippen LogP contribution in [-0.2, 0) is 4.74 Å². The molecule has 2 unspecified atom stereocenters. The molecule has 0 amide bonds. The third kappa shape index (κ3) is 3.00. The highest BCUT2D eigenvalue weighted by Gasteiger charge is 2.24. The van der Waals surface area contributed by atoms with Crippen LogP contribution in [0, 0.1) is 16.7 Å². The SMILES string of the molecule is CCC(C)(C#N)CCC1CCCO1. The van der Waals surface area contributed by atoms with E-state index < -0.39 is 0 Å². The summed E-state index contributed by atoms with van der Waals surface area (Å²) in [4.78, 5) is 0. The summed E-state index contributed by atoms with van der Waals surface area (Å²) in [7, 11) is 0. The van der Waals surface area contributed by atoms with E-state index in [4.69, 9.17) is 10.00 Å². The molecular formula is C11H19NO. The maximum atomic E-state index is 8.97. The molecule has 0 aromatic carbocycles. The van der Waals surface area contributed by atoms with Gasteiger partial charge in [-0.1, -0.05) is 6.92 Å². The number of ether oxygens (including phenoxy) is 1. The van der Waals surface area contributed by atoms with Crippen molar-refractivity contribution in [3.05, 3.63) is 0 Å². The first-order chi connectivity index (χ1) is 6.20. The molecule has 2 heteroatoms. The van der Waals surface area contributed by atoms with Gasteiger partial charge in [0.1, 0.15) is 0 Å². The van der Waals surface area contributed by atoms with E-state index in [2.05, 4.69) is 13.0 Å². The van der Waals surface area contributed by atoms with Gasteiger partial charge in [-0.2, -0.15) is 5.26 Å². The van der Waals surface area contributed by atoms with E-state index in [0.29, 0.717) is 6.10 Å². The fourth-order valence-corrected chi connectivity index (χ4v) is 1.66. The lowest BCUT2D eigenvalue weighted by Crippen LogP contribution is -2.16. The Bertz CT molecular complexity index is 191. The molecule has 2 atom stereocenters. The zero-order valence-electron chi connectivity index (χ0n) is 8.68. The smallest absolute Gasteiger partial charge is 0.0686 e. The summed E-state index contributed by atoms with van der Waals surface area (Å²) in [6.45, 7) is 5.04. The van der Waals surface area contributed by atoms with E-state index in [0.717, 1.165) is 25.9 Å². The Morgan fingerprint density at radius 2 is 2.38 bits per heavy atom. The van der Waals surface area contributed by atoms with Gasteiger partial charge in [-0.15, -0.1) is 0 Å². The fraction of sp³-hybridized carbons (Fsp3) is 0.909. The van der Waals surface area contributed by atoms with Crippen molar-refractivity contribution in [2.24, 2.45) is 5.41 Å². The van der Waals surface area contributed by atoms with Crippen molar-refractivity contribution in [2.45, 2.75) is 52.1 Å². The van der Waals surface area contributed by atoms with E-state index in [-0.39, 0.29) is 5.41 Å². The predicted molar refractivity (Wildman–Crippen MR) is 52.2 cm³/mol. The summed E-state index contributed by atoms with van der Waals surface area (Å²) < 4.78 is 5.53. The van der Waals surface area contributed by atoms with Crippen LogP contribution in [-0.4, -0.2) is 12.7 Å². The molecule has 1 aliphatic rings. The lowest BCUT2D eigenvalue weighted by atomic mass is 9.83. The number of nitrogens with zero attached hydrogens (tertiary/aromatic N) is 1. The Hall–Kier alpha value is -0.550. The van der Waals surface area contributed by atoms with Crippen LogP contribution in [0.5, 0.6) is 0 Å². The van der Waals surface area contributed by atoms with E-state index in [1.54, 1.807) is 0 Å². The minimum Gasteiger partial charge on any atom is -0.378 e. The van der Waals surface area contributed by atoms with Crippen molar-refractivity contribution in [3.63, 3.8) is 0 Å². The summed E-state index contributed by atoms with van der Waals surface area (Å²) in [5.74, 6) is 0. The summed E-state index contributed by atoms with van der Waals surface area (Å²) >= 11 is 0. The third-order valence-corrected chi connectivity index (χ3v) is 3.09. The Labute approximate surface area is 80.9 Å². The number of rotatable bonds is 4. The maximum absolute atomic E-state index is 8.97. The second-order valence-corrected chi connectivity index (χ2v) is 4.20. The molecule has 0 aliphatic carbocycles. The lowest BCUT2D eigenvalue weighted by Gasteiger charge is -2.20. The van der Waals surface area contributed by atoms with Gasteiger partial charge in [0.25, 0.3) is 0 Å². The lowest BCUT2D eigenvalue weighted by molar-refractivity contribution is 0.0946. The quantitative estimate of drug-likeness (QED) is 0.668. The molecule has 0 aromatic rings. The molecule has 1 heterocycles. The summed E-state index contributed by atoms with van der Waals surface area (Å²) in [5, 5.41) is 8.97. The second-order valence-electron chi connectivity index (χ2n) is 4.20. The Balaban J connectivity index is 2.27. The van der Waals surface area contributed by atoms with Crippen molar-refractivity contribution < 1.29 is 4.74 Å². The van der Waals surface area contributed by atoms with Gasteiger partial charge in [-0.3, -0.25) is 0 Å². The molecule has 0 spiro atoms. The Morgan fingerprint density at radius 3 is 2.85 bits per heavy atom. The molecule has 74 valence electrons. The van der Waals surface area contributed by atoms with Crippen LogP contribution in [0.4, 0.5) is 0 Å². The van der Waals surface area contributed by atoms with E-state index in [9.17, 15) is 0 Å². The first-order valence-electron chi connectivity index (χ1n) is 5.23. The largest absolute Gasteiger partial charge is 0.378 e. The van der Waals surface area contributed by atoms with Gasteiger partial charge in [-0.25, -0.2) is 0 Å². The van der Waals surface area contributed by atoms with Crippen molar-refractivity contribution in [1.82, 2.24) is 0 Å². The van der Waals surface area contributed by atoms with Gasteiger partial charge in [0, 0.05) is 6.61 Å². The molecule has 2 nitrogen and oxygen atoms in total. The van der Waals surface area contributed by atoms with Gasteiger partial charge < -0.3 is 4.74 Å². The second kappa shape index (κ2) is 4.62. The first-order valence-corrected chi connectivity index (χ1v) is 5.23. The average molecular weight is 181 g/mol. The molecule has 1 saturated heterocycles. The van der Waals surface area contributed by atoms with Crippen LogP contribution in [0.25, 0.3) is 0 Å². The number of hydrogen-bond acceptors (Lipinski definition) is 2. The molecule has 1 fully saturated rings. The van der Waals surface area contributed by atoms with Crippen molar-refractivity contribution in [1.29, 1.82) is 5.26 Å². The predicted octanol–water partition coefficient (Wildman–Crippen LogP) is 2.89. The van der Waals surface area contributed by atoms with Crippen LogP contribution in [0.3, 0.4) is 0 Å². The molecule has 0 N–H and O–H groups in total. The van der Waals surface area contributed by atoms with E-state index in [1.807, 2.05) is 6.92 Å². The molecule has 1 rings (SSSR count). The van der Waals surface area contributed by atoms with Crippen molar-refractivity contribution in [3.8, 4) is 6.07 Å². The molecule has 0 saturated carbocycles. The van der Waals surface area contributed by atoms with Gasteiger partial charge in [-0.05, 0) is 39.0 Å². The zero-order valence-corrected chi connectivity index (χ0v) is 8.68. The monoisotopic (exact) mass is 181 g/mol. The highest BCUT2D eigenvalue weighted by molar-refractivity contribution is 4.94. The van der Waals surface area contributed by atoms with Gasteiger partial charge >= 0.3 is 0 Å². The number of nitriles is 1.